The molecule has 5 rings (SSSR count). The fraction of sp³-hybridized carbons (Fsp3) is 0.417. The van der Waals surface area contributed by atoms with Crippen LogP contribution in [0, 0.1) is 0 Å². The Labute approximate surface area is 291 Å². The zero-order valence-electron chi connectivity index (χ0n) is 29.6. The van der Waals surface area contributed by atoms with E-state index in [0.29, 0.717) is 54.2 Å². The Morgan fingerprint density at radius 3 is 2.60 bits per heavy atom. The summed E-state index contributed by atoms with van der Waals surface area (Å²) in [5.41, 5.74) is 0.578. The lowest BCUT2D eigenvalue weighted by Crippen LogP contribution is -2.49. The number of carbonyl (C=O) groups is 3. The number of nitrogens with zero attached hydrogens (tertiary/aromatic N) is 6. The number of urea groups is 1. The highest BCUT2D eigenvalue weighted by Gasteiger charge is 2.38. The minimum atomic E-state index is -1.50. The van der Waals surface area contributed by atoms with Gasteiger partial charge in [0, 0.05) is 49.7 Å². The SMILES string of the molecule is COCCN(C)CCNC(=O)c1nc(NC(=O)N[C@@]2(C=O)C=C[C@@H](Oc3ccc4nnc(C(C)C)n4c3)c3ccccc32)cc(C(C)(C)C)n1. The highest BCUT2D eigenvalue weighted by Crippen LogP contribution is 2.37. The molecule has 0 unspecified atom stereocenters. The Balaban J connectivity index is 1.34. The van der Waals surface area contributed by atoms with E-state index in [0.717, 1.165) is 12.4 Å². The minimum Gasteiger partial charge on any atom is -0.480 e. The summed E-state index contributed by atoms with van der Waals surface area (Å²) in [6.07, 6.45) is 5.34. The lowest BCUT2D eigenvalue weighted by molar-refractivity contribution is -0.111. The predicted octanol–water partition coefficient (Wildman–Crippen LogP) is 4.15. The molecule has 0 saturated heterocycles. The molecule has 14 nitrogen and oxygen atoms in total. The molecule has 0 spiro atoms. The van der Waals surface area contributed by atoms with Crippen LogP contribution < -0.4 is 20.7 Å². The first-order chi connectivity index (χ1) is 23.8. The van der Waals surface area contributed by atoms with E-state index in [4.69, 9.17) is 9.47 Å². The average molecular weight is 684 g/mol. The van der Waals surface area contributed by atoms with E-state index < -0.39 is 29.0 Å². The number of aromatic nitrogens is 5. The third-order valence-corrected chi connectivity index (χ3v) is 8.33. The topological polar surface area (TPSA) is 165 Å². The van der Waals surface area contributed by atoms with Crippen molar-refractivity contribution in [1.29, 1.82) is 0 Å². The van der Waals surface area contributed by atoms with Gasteiger partial charge in [-0.05, 0) is 36.9 Å². The number of hydrogen-bond donors (Lipinski definition) is 3. The van der Waals surface area contributed by atoms with Crippen molar-refractivity contribution in [3.8, 4) is 5.75 Å². The molecule has 0 aliphatic heterocycles. The van der Waals surface area contributed by atoms with E-state index in [9.17, 15) is 14.4 Å². The van der Waals surface area contributed by atoms with Crippen molar-refractivity contribution in [3.63, 3.8) is 0 Å². The van der Waals surface area contributed by atoms with Crippen LogP contribution in [0.25, 0.3) is 5.65 Å². The van der Waals surface area contributed by atoms with Gasteiger partial charge in [-0.15, -0.1) is 10.2 Å². The number of benzene rings is 1. The van der Waals surface area contributed by atoms with E-state index >= 15 is 0 Å². The van der Waals surface area contributed by atoms with Gasteiger partial charge < -0.3 is 25.0 Å². The summed E-state index contributed by atoms with van der Waals surface area (Å²) < 4.78 is 13.4. The van der Waals surface area contributed by atoms with Crippen LogP contribution in [0.15, 0.2) is 60.8 Å². The maximum atomic E-state index is 13.6. The van der Waals surface area contributed by atoms with Gasteiger partial charge in [-0.3, -0.25) is 19.3 Å². The van der Waals surface area contributed by atoms with Crippen molar-refractivity contribution in [2.24, 2.45) is 0 Å². The van der Waals surface area contributed by atoms with E-state index in [1.165, 1.54) is 0 Å². The normalized spacial score (nSPS) is 17.1. The molecule has 1 aromatic carbocycles. The number of hydrogen-bond acceptors (Lipinski definition) is 10. The molecule has 50 heavy (non-hydrogen) atoms. The maximum absolute atomic E-state index is 13.6. The summed E-state index contributed by atoms with van der Waals surface area (Å²) in [6, 6.07) is 11.9. The molecule has 0 bridgehead atoms. The summed E-state index contributed by atoms with van der Waals surface area (Å²) in [5, 5.41) is 16.9. The standard InChI is InChI=1S/C36H45N9O5/c1-23(2)32-43-42-30-13-12-24(21-45(30)32)50-27-14-15-36(22-46,26-11-9-8-10-25(26)27)41-34(48)40-29-20-28(35(3,4)5)38-31(39-29)33(47)37-16-17-44(6)18-19-49-7/h8-15,20-23,27H,16-19H2,1-7H3,(H,37,47)(H2,38,39,40,41,48)/t27-,36-/m1/s1. The Morgan fingerprint density at radius 2 is 1.88 bits per heavy atom. The molecule has 3 amide bonds. The van der Waals surface area contributed by atoms with E-state index in [-0.39, 0.29) is 17.6 Å². The van der Waals surface area contributed by atoms with Gasteiger partial charge in [0.15, 0.2) is 11.9 Å². The fourth-order valence-electron chi connectivity index (χ4n) is 5.53. The van der Waals surface area contributed by atoms with E-state index in [2.05, 4.69) is 36.1 Å². The van der Waals surface area contributed by atoms with Crippen molar-refractivity contribution in [2.45, 2.75) is 57.6 Å². The Kier molecular flexibility index (Phi) is 10.9. The quantitative estimate of drug-likeness (QED) is 0.138. The van der Waals surface area contributed by atoms with Gasteiger partial charge >= 0.3 is 6.03 Å². The molecule has 1 aliphatic rings. The second-order valence-electron chi connectivity index (χ2n) is 13.6. The number of anilines is 1. The summed E-state index contributed by atoms with van der Waals surface area (Å²) in [5.74, 6) is 1.13. The molecule has 3 aromatic heterocycles. The summed E-state index contributed by atoms with van der Waals surface area (Å²) in [7, 11) is 3.57. The lowest BCUT2D eigenvalue weighted by Gasteiger charge is -2.34. The van der Waals surface area contributed by atoms with Crippen molar-refractivity contribution < 1.29 is 23.9 Å². The monoisotopic (exact) mass is 683 g/mol. The number of rotatable bonds is 13. The first kappa shape index (κ1) is 36.1. The molecule has 264 valence electrons. The Hall–Kier alpha value is -5.21. The number of carbonyl (C=O) groups excluding carboxylic acids is 3. The molecule has 3 heterocycles. The van der Waals surface area contributed by atoms with Crippen LogP contribution in [-0.2, 0) is 20.5 Å². The lowest BCUT2D eigenvalue weighted by atomic mass is 9.81. The van der Waals surface area contributed by atoms with Gasteiger partial charge in [-0.1, -0.05) is 58.9 Å². The first-order valence-electron chi connectivity index (χ1n) is 16.5. The number of nitrogens with one attached hydrogen (secondary N) is 3. The Morgan fingerprint density at radius 1 is 1.10 bits per heavy atom. The number of amides is 3. The molecule has 0 saturated carbocycles. The summed E-state index contributed by atoms with van der Waals surface area (Å²) in [4.78, 5) is 50.3. The highest BCUT2D eigenvalue weighted by atomic mass is 16.5. The number of fused-ring (bicyclic) bond motifs is 2. The van der Waals surface area contributed by atoms with Crippen LogP contribution in [0.4, 0.5) is 10.6 Å². The number of ether oxygens (including phenoxy) is 2. The van der Waals surface area contributed by atoms with Gasteiger partial charge in [0.05, 0.1) is 18.5 Å². The van der Waals surface area contributed by atoms with Gasteiger partial charge in [0.25, 0.3) is 5.91 Å². The molecule has 14 heteroatoms. The second-order valence-corrected chi connectivity index (χ2v) is 13.6. The number of pyridine rings is 1. The van der Waals surface area contributed by atoms with Crippen molar-refractivity contribution in [1.82, 2.24) is 40.1 Å². The van der Waals surface area contributed by atoms with Gasteiger partial charge in [-0.25, -0.2) is 14.8 Å². The van der Waals surface area contributed by atoms with Crippen LogP contribution in [0.5, 0.6) is 5.75 Å². The number of aldehydes is 1. The summed E-state index contributed by atoms with van der Waals surface area (Å²) in [6.45, 7) is 12.2. The molecule has 0 radical (unpaired) electrons. The Bertz CT molecular complexity index is 1880. The fourth-order valence-corrected chi connectivity index (χ4v) is 5.53. The number of methoxy groups -OCH3 is 1. The molecule has 0 fully saturated rings. The maximum Gasteiger partial charge on any atom is 0.321 e. The van der Waals surface area contributed by atoms with E-state index in [1.807, 2.05) is 81.4 Å². The zero-order chi connectivity index (χ0) is 36.1. The molecular weight excluding hydrogens is 638 g/mol. The third-order valence-electron chi connectivity index (χ3n) is 8.33. The number of likely N-dealkylation sites (N-methyl/N-ethyl adjacent to an activating group) is 1. The summed E-state index contributed by atoms with van der Waals surface area (Å²) >= 11 is 0. The molecule has 4 aromatic rings. The molecular formula is C36H45N9O5. The second kappa shape index (κ2) is 15.1. The molecule has 2 atom stereocenters. The highest BCUT2D eigenvalue weighted by molar-refractivity contribution is 5.94. The van der Waals surface area contributed by atoms with Crippen molar-refractivity contribution >= 4 is 29.7 Å². The smallest absolute Gasteiger partial charge is 0.321 e. The zero-order valence-corrected chi connectivity index (χ0v) is 29.6. The van der Waals surface area contributed by atoms with Crippen LogP contribution >= 0.6 is 0 Å². The van der Waals surface area contributed by atoms with Gasteiger partial charge in [0.2, 0.25) is 5.82 Å². The van der Waals surface area contributed by atoms with E-state index in [1.54, 1.807) is 37.5 Å². The third kappa shape index (κ3) is 8.14. The first-order valence-corrected chi connectivity index (χ1v) is 16.5. The van der Waals surface area contributed by atoms with Crippen molar-refractivity contribution in [3.05, 3.63) is 89.3 Å². The molecule has 1 aliphatic carbocycles. The largest absolute Gasteiger partial charge is 0.480 e. The minimum absolute atomic E-state index is 0.0783. The van der Waals surface area contributed by atoms with Gasteiger partial charge in [0.1, 0.15) is 29.0 Å². The van der Waals surface area contributed by atoms with Crippen LogP contribution in [0.2, 0.25) is 0 Å². The predicted molar refractivity (Wildman–Crippen MR) is 188 cm³/mol. The average Bonchev–Trinajstić information content (AvgIpc) is 3.51. The van der Waals surface area contributed by atoms with Crippen LogP contribution in [-0.4, -0.2) is 88.1 Å². The van der Waals surface area contributed by atoms with Gasteiger partial charge in [-0.2, -0.15) is 0 Å². The van der Waals surface area contributed by atoms with Crippen LogP contribution in [0.3, 0.4) is 0 Å². The van der Waals surface area contributed by atoms with Crippen molar-refractivity contribution in [2.75, 3.05) is 45.7 Å². The molecule has 3 N–H and O–H groups in total. The van der Waals surface area contributed by atoms with Crippen LogP contribution in [0.1, 0.15) is 79.9 Å².